The lowest BCUT2D eigenvalue weighted by Gasteiger charge is -2.01. The van der Waals surface area contributed by atoms with Gasteiger partial charge in [0.1, 0.15) is 4.88 Å². The van der Waals surface area contributed by atoms with Crippen LogP contribution in [-0.4, -0.2) is 16.1 Å². The summed E-state index contributed by atoms with van der Waals surface area (Å²) in [5.74, 6) is -0.951. The second-order valence-corrected chi connectivity index (χ2v) is 5.24. The normalized spacial score (nSPS) is 10.1. The van der Waals surface area contributed by atoms with E-state index in [1.165, 1.54) is 6.20 Å². The highest BCUT2D eigenvalue weighted by Crippen LogP contribution is 2.22. The fraction of sp³-hybridized carbons (Fsp3) is 0. The number of benzene rings is 1. The predicted octanol–water partition coefficient (Wildman–Crippen LogP) is 3.19. The number of hydrogen-bond donors (Lipinski definition) is 2. The molecule has 0 aliphatic carbocycles. The van der Waals surface area contributed by atoms with Crippen LogP contribution >= 0.6 is 33.9 Å². The van der Waals surface area contributed by atoms with Gasteiger partial charge in [-0.2, -0.15) is 0 Å². The number of aromatic nitrogens is 1. The summed E-state index contributed by atoms with van der Waals surface area (Å²) < 4.78 is 1.15. The summed E-state index contributed by atoms with van der Waals surface area (Å²) in [4.78, 5) is 14.9. The van der Waals surface area contributed by atoms with Crippen LogP contribution in [0.1, 0.15) is 9.67 Å². The van der Waals surface area contributed by atoms with E-state index in [2.05, 4.69) is 32.9 Å². The molecular weight excluding hydrogens is 339 g/mol. The lowest BCUT2D eigenvalue weighted by molar-refractivity contribution is 0.0702. The zero-order valence-corrected chi connectivity index (χ0v) is 10.9. The molecule has 0 radical (unpaired) electrons. The number of thiazole rings is 1. The third-order valence-electron chi connectivity index (χ3n) is 1.81. The van der Waals surface area contributed by atoms with E-state index < -0.39 is 5.97 Å². The van der Waals surface area contributed by atoms with Crippen molar-refractivity contribution in [2.45, 2.75) is 0 Å². The monoisotopic (exact) mass is 346 g/mol. The Morgan fingerprint density at radius 2 is 2.06 bits per heavy atom. The van der Waals surface area contributed by atoms with Crippen molar-refractivity contribution in [1.82, 2.24) is 4.98 Å². The Morgan fingerprint density at radius 1 is 1.38 bits per heavy atom. The quantitative estimate of drug-likeness (QED) is 0.838. The van der Waals surface area contributed by atoms with E-state index in [1.807, 2.05) is 24.3 Å². The Bertz CT molecular complexity index is 510. The van der Waals surface area contributed by atoms with Crippen LogP contribution < -0.4 is 5.32 Å². The van der Waals surface area contributed by atoms with Gasteiger partial charge in [0.25, 0.3) is 0 Å². The van der Waals surface area contributed by atoms with E-state index >= 15 is 0 Å². The molecule has 1 heterocycles. The third kappa shape index (κ3) is 2.70. The highest BCUT2D eigenvalue weighted by molar-refractivity contribution is 14.1. The van der Waals surface area contributed by atoms with Crippen LogP contribution in [0.5, 0.6) is 0 Å². The minimum absolute atomic E-state index is 0.230. The van der Waals surface area contributed by atoms with Crippen molar-refractivity contribution in [3.05, 3.63) is 38.9 Å². The number of carbonyl (C=O) groups is 1. The summed E-state index contributed by atoms with van der Waals surface area (Å²) in [5, 5.41) is 12.4. The Morgan fingerprint density at radius 3 is 2.62 bits per heavy atom. The van der Waals surface area contributed by atoms with Crippen molar-refractivity contribution >= 4 is 50.7 Å². The van der Waals surface area contributed by atoms with Gasteiger partial charge < -0.3 is 10.4 Å². The molecule has 0 aliphatic rings. The summed E-state index contributed by atoms with van der Waals surface area (Å²) in [7, 11) is 0. The van der Waals surface area contributed by atoms with Gasteiger partial charge >= 0.3 is 5.97 Å². The van der Waals surface area contributed by atoms with E-state index in [1.54, 1.807) is 0 Å². The van der Waals surface area contributed by atoms with Gasteiger partial charge in [0.2, 0.25) is 0 Å². The number of carboxylic acid groups (broad SMARTS) is 1. The maximum absolute atomic E-state index is 10.7. The van der Waals surface area contributed by atoms with E-state index in [0.717, 1.165) is 20.6 Å². The first-order chi connectivity index (χ1) is 7.65. The minimum Gasteiger partial charge on any atom is -0.477 e. The molecule has 2 N–H and O–H groups in total. The lowest BCUT2D eigenvalue weighted by atomic mass is 10.3. The van der Waals surface area contributed by atoms with Gasteiger partial charge in [-0.3, -0.25) is 0 Å². The molecule has 16 heavy (non-hydrogen) atoms. The molecule has 4 nitrogen and oxygen atoms in total. The molecule has 0 fully saturated rings. The Balaban J connectivity index is 2.14. The van der Waals surface area contributed by atoms with Crippen LogP contribution in [0.3, 0.4) is 0 Å². The van der Waals surface area contributed by atoms with Crippen LogP contribution in [-0.2, 0) is 0 Å². The molecule has 2 rings (SSSR count). The molecule has 2 aromatic rings. The van der Waals surface area contributed by atoms with E-state index in [-0.39, 0.29) is 4.88 Å². The summed E-state index contributed by atoms with van der Waals surface area (Å²) in [6.45, 7) is 0. The number of halogens is 1. The van der Waals surface area contributed by atoms with Gasteiger partial charge in [-0.25, -0.2) is 9.78 Å². The highest BCUT2D eigenvalue weighted by atomic mass is 127. The van der Waals surface area contributed by atoms with Crippen molar-refractivity contribution in [2.24, 2.45) is 0 Å². The van der Waals surface area contributed by atoms with Gasteiger partial charge in [-0.1, -0.05) is 11.3 Å². The van der Waals surface area contributed by atoms with Crippen molar-refractivity contribution < 1.29 is 9.90 Å². The molecule has 0 spiro atoms. The number of nitrogens with one attached hydrogen (secondary N) is 1. The standard InChI is InChI=1S/C10H7IN2O2S/c11-6-1-3-7(4-2-6)13-10-12-5-8(16-10)9(14)15/h1-5H,(H,12,13)(H,14,15). The first-order valence-electron chi connectivity index (χ1n) is 4.37. The SMILES string of the molecule is O=C(O)c1cnc(Nc2ccc(I)cc2)s1. The Labute approximate surface area is 109 Å². The van der Waals surface area contributed by atoms with Gasteiger partial charge in [-0.15, -0.1) is 0 Å². The second-order valence-electron chi connectivity index (χ2n) is 2.97. The van der Waals surface area contributed by atoms with Crippen molar-refractivity contribution in [2.75, 3.05) is 5.32 Å². The molecule has 82 valence electrons. The average Bonchev–Trinajstić information content (AvgIpc) is 2.70. The summed E-state index contributed by atoms with van der Waals surface area (Å²) in [6.07, 6.45) is 1.35. The number of rotatable bonds is 3. The largest absolute Gasteiger partial charge is 0.477 e. The van der Waals surface area contributed by atoms with Crippen LogP contribution in [0.2, 0.25) is 0 Å². The maximum atomic E-state index is 10.7. The maximum Gasteiger partial charge on any atom is 0.347 e. The summed E-state index contributed by atoms with van der Waals surface area (Å²) in [5.41, 5.74) is 0.895. The molecule has 0 saturated carbocycles. The van der Waals surface area contributed by atoms with Gasteiger partial charge in [-0.05, 0) is 46.9 Å². The number of anilines is 2. The first kappa shape index (κ1) is 11.3. The van der Waals surface area contributed by atoms with Crippen LogP contribution in [0, 0.1) is 3.57 Å². The number of nitrogens with zero attached hydrogens (tertiary/aromatic N) is 1. The molecule has 1 aromatic carbocycles. The molecule has 6 heteroatoms. The molecule has 0 atom stereocenters. The van der Waals surface area contributed by atoms with Crippen molar-refractivity contribution in [3.8, 4) is 0 Å². The van der Waals surface area contributed by atoms with Crippen LogP contribution in [0.15, 0.2) is 30.5 Å². The Kier molecular flexibility index (Phi) is 3.39. The predicted molar refractivity (Wildman–Crippen MR) is 71.5 cm³/mol. The number of carboxylic acids is 1. The molecule has 0 unspecified atom stereocenters. The van der Waals surface area contributed by atoms with Gasteiger partial charge in [0.15, 0.2) is 5.13 Å². The van der Waals surface area contributed by atoms with Crippen LogP contribution in [0.4, 0.5) is 10.8 Å². The van der Waals surface area contributed by atoms with Crippen LogP contribution in [0.25, 0.3) is 0 Å². The molecule has 0 amide bonds. The molecule has 0 saturated heterocycles. The smallest absolute Gasteiger partial charge is 0.347 e. The van der Waals surface area contributed by atoms with Gasteiger partial charge in [0.05, 0.1) is 6.20 Å². The second kappa shape index (κ2) is 4.79. The molecule has 0 aliphatic heterocycles. The minimum atomic E-state index is -0.951. The van der Waals surface area contributed by atoms with Crippen molar-refractivity contribution in [1.29, 1.82) is 0 Å². The van der Waals surface area contributed by atoms with E-state index in [4.69, 9.17) is 5.11 Å². The van der Waals surface area contributed by atoms with E-state index in [9.17, 15) is 4.79 Å². The van der Waals surface area contributed by atoms with Crippen molar-refractivity contribution in [3.63, 3.8) is 0 Å². The highest BCUT2D eigenvalue weighted by Gasteiger charge is 2.08. The number of aromatic carboxylic acids is 1. The zero-order valence-electron chi connectivity index (χ0n) is 7.98. The number of hydrogen-bond acceptors (Lipinski definition) is 4. The third-order valence-corrected chi connectivity index (χ3v) is 3.43. The zero-order chi connectivity index (χ0) is 11.5. The molecule has 0 bridgehead atoms. The van der Waals surface area contributed by atoms with E-state index in [0.29, 0.717) is 5.13 Å². The summed E-state index contributed by atoms with van der Waals surface area (Å²) >= 11 is 3.34. The Hall–Kier alpha value is -1.15. The fourth-order valence-electron chi connectivity index (χ4n) is 1.09. The van der Waals surface area contributed by atoms with Gasteiger partial charge in [0, 0.05) is 9.26 Å². The molecule has 1 aromatic heterocycles. The summed E-state index contributed by atoms with van der Waals surface area (Å²) in [6, 6.07) is 7.77. The topological polar surface area (TPSA) is 62.2 Å². The fourth-order valence-corrected chi connectivity index (χ4v) is 2.12. The first-order valence-corrected chi connectivity index (χ1v) is 6.26. The molecular formula is C10H7IN2O2S. The lowest BCUT2D eigenvalue weighted by Crippen LogP contribution is -1.90. The average molecular weight is 346 g/mol.